The molecule has 5 nitrogen and oxygen atoms in total. The van der Waals surface area contributed by atoms with Gasteiger partial charge in [-0.1, -0.05) is 30.3 Å². The molecule has 1 aliphatic heterocycles. The molecule has 1 aromatic heterocycles. The minimum atomic E-state index is -0.538. The monoisotopic (exact) mass is 295 g/mol. The first-order valence-corrected chi connectivity index (χ1v) is 7.16. The maximum atomic E-state index is 10.9. The fraction of sp³-hybridized carbons (Fsp3) is 0.176. The highest BCUT2D eigenvalue weighted by atomic mass is 16.5. The Kier molecular flexibility index (Phi) is 4.16. The van der Waals surface area contributed by atoms with Crippen LogP contribution in [-0.4, -0.2) is 22.6 Å². The van der Waals surface area contributed by atoms with Gasteiger partial charge in [0.1, 0.15) is 5.82 Å². The van der Waals surface area contributed by atoms with E-state index in [9.17, 15) is 4.79 Å². The summed E-state index contributed by atoms with van der Waals surface area (Å²) in [4.78, 5) is 17.7. The first-order valence-electron chi connectivity index (χ1n) is 7.16. The molecule has 22 heavy (non-hydrogen) atoms. The average Bonchev–Trinajstić information content (AvgIpc) is 2.97. The van der Waals surface area contributed by atoms with Crippen molar-refractivity contribution in [3.63, 3.8) is 0 Å². The number of aromatic nitrogens is 1. The SMILES string of the molecule is O=C(/C=C/c1ccc(CN2CCc3cccnc32)cc1)NO. The molecule has 0 atom stereocenters. The predicted molar refractivity (Wildman–Crippen MR) is 84.4 cm³/mol. The van der Waals surface area contributed by atoms with E-state index in [2.05, 4.69) is 16.0 Å². The normalized spacial score (nSPS) is 13.4. The largest absolute Gasteiger partial charge is 0.352 e. The number of rotatable bonds is 4. The molecular weight excluding hydrogens is 278 g/mol. The Morgan fingerprint density at radius 2 is 2.14 bits per heavy atom. The zero-order valence-corrected chi connectivity index (χ0v) is 12.1. The minimum absolute atomic E-state index is 0.538. The minimum Gasteiger partial charge on any atom is -0.352 e. The van der Waals surface area contributed by atoms with Crippen molar-refractivity contribution >= 4 is 17.8 Å². The number of nitrogens with one attached hydrogen (secondary N) is 1. The summed E-state index contributed by atoms with van der Waals surface area (Å²) in [5, 5.41) is 8.43. The Bertz CT molecular complexity index is 695. The summed E-state index contributed by atoms with van der Waals surface area (Å²) in [6.07, 6.45) is 5.81. The number of hydrogen-bond acceptors (Lipinski definition) is 4. The lowest BCUT2D eigenvalue weighted by atomic mass is 10.1. The molecule has 112 valence electrons. The van der Waals surface area contributed by atoms with Crippen LogP contribution >= 0.6 is 0 Å². The van der Waals surface area contributed by atoms with Crippen LogP contribution in [0.1, 0.15) is 16.7 Å². The maximum absolute atomic E-state index is 10.9. The van der Waals surface area contributed by atoms with E-state index in [4.69, 9.17) is 5.21 Å². The van der Waals surface area contributed by atoms with E-state index in [1.807, 2.05) is 36.5 Å². The van der Waals surface area contributed by atoms with Gasteiger partial charge < -0.3 is 4.90 Å². The quantitative estimate of drug-likeness (QED) is 0.515. The Morgan fingerprint density at radius 1 is 1.32 bits per heavy atom. The van der Waals surface area contributed by atoms with Crippen LogP contribution in [0.4, 0.5) is 5.82 Å². The lowest BCUT2D eigenvalue weighted by Gasteiger charge is -2.18. The third-order valence-electron chi connectivity index (χ3n) is 3.71. The van der Waals surface area contributed by atoms with Gasteiger partial charge in [0, 0.05) is 25.4 Å². The molecule has 2 heterocycles. The topological polar surface area (TPSA) is 65.5 Å². The van der Waals surface area contributed by atoms with Crippen molar-refractivity contribution in [2.75, 3.05) is 11.4 Å². The number of pyridine rings is 1. The summed E-state index contributed by atoms with van der Waals surface area (Å²) < 4.78 is 0. The lowest BCUT2D eigenvalue weighted by Crippen LogP contribution is -2.20. The number of benzene rings is 1. The highest BCUT2D eigenvalue weighted by molar-refractivity contribution is 5.90. The van der Waals surface area contributed by atoms with Crippen molar-refractivity contribution < 1.29 is 10.0 Å². The number of anilines is 1. The third-order valence-corrected chi connectivity index (χ3v) is 3.71. The number of hydroxylamine groups is 1. The number of fused-ring (bicyclic) bond motifs is 1. The number of carbonyl (C=O) groups is 1. The van der Waals surface area contributed by atoms with Crippen LogP contribution in [0.3, 0.4) is 0 Å². The molecule has 0 radical (unpaired) electrons. The number of hydrogen-bond donors (Lipinski definition) is 2. The molecule has 0 fully saturated rings. The second-order valence-electron chi connectivity index (χ2n) is 5.21. The van der Waals surface area contributed by atoms with E-state index in [-0.39, 0.29) is 0 Å². The van der Waals surface area contributed by atoms with Crippen LogP contribution in [0.2, 0.25) is 0 Å². The van der Waals surface area contributed by atoms with E-state index in [0.717, 1.165) is 30.9 Å². The van der Waals surface area contributed by atoms with E-state index in [1.54, 1.807) is 11.6 Å². The Balaban J connectivity index is 1.67. The molecule has 0 aliphatic carbocycles. The van der Waals surface area contributed by atoms with Crippen LogP contribution in [0, 0.1) is 0 Å². The van der Waals surface area contributed by atoms with Gasteiger partial charge in [-0.05, 0) is 35.3 Å². The van der Waals surface area contributed by atoms with Crippen LogP contribution in [0.25, 0.3) is 6.08 Å². The fourth-order valence-corrected chi connectivity index (χ4v) is 2.59. The number of amides is 1. The third kappa shape index (κ3) is 3.15. The standard InChI is InChI=1S/C17H17N3O2/c21-16(19-22)8-7-13-3-5-14(6-4-13)12-20-11-9-15-2-1-10-18-17(15)20/h1-8,10,22H,9,11-12H2,(H,19,21)/b8-7+. The zero-order valence-electron chi connectivity index (χ0n) is 12.1. The fourth-order valence-electron chi connectivity index (χ4n) is 2.59. The summed E-state index contributed by atoms with van der Waals surface area (Å²) in [7, 11) is 0. The van der Waals surface area contributed by atoms with Gasteiger partial charge in [-0.3, -0.25) is 10.0 Å². The summed E-state index contributed by atoms with van der Waals surface area (Å²) in [6.45, 7) is 1.82. The summed E-state index contributed by atoms with van der Waals surface area (Å²) >= 11 is 0. The van der Waals surface area contributed by atoms with E-state index < -0.39 is 5.91 Å². The van der Waals surface area contributed by atoms with Gasteiger partial charge in [-0.25, -0.2) is 10.5 Å². The smallest absolute Gasteiger partial charge is 0.267 e. The van der Waals surface area contributed by atoms with Crippen LogP contribution in [0.15, 0.2) is 48.7 Å². The molecule has 3 rings (SSSR count). The molecule has 2 aromatic rings. The van der Waals surface area contributed by atoms with Gasteiger partial charge >= 0.3 is 0 Å². The van der Waals surface area contributed by atoms with Crippen molar-refractivity contribution in [2.45, 2.75) is 13.0 Å². The Hall–Kier alpha value is -2.66. The lowest BCUT2D eigenvalue weighted by molar-refractivity contribution is -0.124. The highest BCUT2D eigenvalue weighted by Gasteiger charge is 2.19. The maximum Gasteiger partial charge on any atom is 0.267 e. The van der Waals surface area contributed by atoms with Crippen molar-refractivity contribution in [3.05, 3.63) is 65.4 Å². The van der Waals surface area contributed by atoms with Crippen molar-refractivity contribution in [1.82, 2.24) is 10.5 Å². The van der Waals surface area contributed by atoms with Gasteiger partial charge in [-0.2, -0.15) is 0 Å². The Morgan fingerprint density at radius 3 is 2.91 bits per heavy atom. The van der Waals surface area contributed by atoms with E-state index in [0.29, 0.717) is 0 Å². The van der Waals surface area contributed by atoms with Gasteiger partial charge in [0.2, 0.25) is 0 Å². The van der Waals surface area contributed by atoms with E-state index in [1.165, 1.54) is 17.2 Å². The van der Waals surface area contributed by atoms with Crippen LogP contribution in [0.5, 0.6) is 0 Å². The first kappa shape index (κ1) is 14.3. The molecule has 1 aliphatic rings. The highest BCUT2D eigenvalue weighted by Crippen LogP contribution is 2.26. The molecule has 2 N–H and O–H groups in total. The van der Waals surface area contributed by atoms with Gasteiger partial charge in [0.25, 0.3) is 5.91 Å². The molecule has 0 unspecified atom stereocenters. The van der Waals surface area contributed by atoms with E-state index >= 15 is 0 Å². The van der Waals surface area contributed by atoms with Crippen LogP contribution in [-0.2, 0) is 17.8 Å². The van der Waals surface area contributed by atoms with Gasteiger partial charge in [0.05, 0.1) is 0 Å². The second kappa shape index (κ2) is 6.41. The average molecular weight is 295 g/mol. The van der Waals surface area contributed by atoms with Crippen molar-refractivity contribution in [1.29, 1.82) is 0 Å². The van der Waals surface area contributed by atoms with Gasteiger partial charge in [-0.15, -0.1) is 0 Å². The zero-order chi connectivity index (χ0) is 15.4. The second-order valence-corrected chi connectivity index (χ2v) is 5.21. The summed E-state index contributed by atoms with van der Waals surface area (Å²) in [5.41, 5.74) is 4.97. The van der Waals surface area contributed by atoms with Crippen LogP contribution < -0.4 is 10.4 Å². The molecular formula is C17H17N3O2. The number of nitrogens with zero attached hydrogens (tertiary/aromatic N) is 2. The van der Waals surface area contributed by atoms with Gasteiger partial charge in [0.15, 0.2) is 0 Å². The predicted octanol–water partition coefficient (Wildman–Crippen LogP) is 2.16. The van der Waals surface area contributed by atoms with Crippen molar-refractivity contribution in [3.8, 4) is 0 Å². The first-order chi connectivity index (χ1) is 10.8. The summed E-state index contributed by atoms with van der Waals surface area (Å²) in [6, 6.07) is 12.1. The molecule has 0 saturated heterocycles. The molecule has 0 bridgehead atoms. The molecule has 0 saturated carbocycles. The number of carbonyl (C=O) groups excluding carboxylic acids is 1. The molecule has 1 aromatic carbocycles. The molecule has 1 amide bonds. The molecule has 0 spiro atoms. The van der Waals surface area contributed by atoms with Crippen molar-refractivity contribution in [2.24, 2.45) is 0 Å². The Labute approximate surface area is 128 Å². The molecule has 5 heteroatoms. The summed E-state index contributed by atoms with van der Waals surface area (Å²) in [5.74, 6) is 0.537.